The zero-order valence-electron chi connectivity index (χ0n) is 12.4. The molecule has 1 atom stereocenters. The Morgan fingerprint density at radius 2 is 2.00 bits per heavy atom. The lowest BCUT2D eigenvalue weighted by Crippen LogP contribution is -2.11. The fourth-order valence-electron chi connectivity index (χ4n) is 2.06. The predicted molar refractivity (Wildman–Crippen MR) is 79.9 cm³/mol. The van der Waals surface area contributed by atoms with Crippen LogP contribution in [-0.2, 0) is 0 Å². The number of Topliss-reactive ketones (excluding diaryl/α,β-unsaturated/α-hetero) is 1. The minimum atomic E-state index is -1.09. The van der Waals surface area contributed by atoms with E-state index in [2.05, 4.69) is 0 Å². The molecule has 0 fully saturated rings. The van der Waals surface area contributed by atoms with Crippen LogP contribution in [0.3, 0.4) is 0 Å². The Morgan fingerprint density at radius 1 is 1.27 bits per heavy atom. The average molecular weight is 304 g/mol. The van der Waals surface area contributed by atoms with Crippen molar-refractivity contribution < 1.29 is 23.8 Å². The summed E-state index contributed by atoms with van der Waals surface area (Å²) in [5.74, 6) is 0.214. The van der Waals surface area contributed by atoms with Gasteiger partial charge in [0, 0.05) is 5.56 Å². The van der Waals surface area contributed by atoms with E-state index in [1.807, 2.05) is 0 Å². The Balaban J connectivity index is 2.10. The van der Waals surface area contributed by atoms with E-state index in [1.54, 1.807) is 24.3 Å². The summed E-state index contributed by atoms with van der Waals surface area (Å²) >= 11 is 0. The second kappa shape index (κ2) is 7.04. The Hall–Kier alpha value is -2.40. The minimum absolute atomic E-state index is 0.120. The third-order valence-corrected chi connectivity index (χ3v) is 3.22. The first-order valence-corrected chi connectivity index (χ1v) is 6.77. The molecule has 0 heterocycles. The Bertz CT molecular complexity index is 669. The number of carbonyl (C=O) groups is 1. The van der Waals surface area contributed by atoms with Crippen molar-refractivity contribution >= 4 is 5.78 Å². The summed E-state index contributed by atoms with van der Waals surface area (Å²) in [7, 11) is 1.48. The highest BCUT2D eigenvalue weighted by atomic mass is 19.1. The smallest absolute Gasteiger partial charge is 0.163 e. The molecule has 2 aromatic rings. The maximum absolute atomic E-state index is 13.6. The largest absolute Gasteiger partial charge is 0.496 e. The highest BCUT2D eigenvalue weighted by Gasteiger charge is 2.14. The molecule has 0 saturated heterocycles. The fourth-order valence-corrected chi connectivity index (χ4v) is 2.06. The third kappa shape index (κ3) is 3.62. The molecule has 0 aliphatic rings. The predicted octanol–water partition coefficient (Wildman–Crippen LogP) is 3.15. The van der Waals surface area contributed by atoms with E-state index in [4.69, 9.17) is 9.47 Å². The number of methoxy groups -OCH3 is 1. The number of hydrogen-bond acceptors (Lipinski definition) is 4. The zero-order chi connectivity index (χ0) is 16.1. The molecule has 0 aromatic heterocycles. The van der Waals surface area contributed by atoms with E-state index in [9.17, 15) is 14.3 Å². The fraction of sp³-hybridized carbons (Fsp3) is 0.235. The van der Waals surface area contributed by atoms with Crippen molar-refractivity contribution in [2.45, 2.75) is 13.0 Å². The molecular formula is C17H17FO4. The molecule has 0 saturated carbocycles. The SMILES string of the molecule is COc1ccc(OCC(O)c2ccccc2F)cc1C(C)=O. The van der Waals surface area contributed by atoms with Crippen molar-refractivity contribution in [3.63, 3.8) is 0 Å². The van der Waals surface area contributed by atoms with Gasteiger partial charge >= 0.3 is 0 Å². The number of halogens is 1. The minimum Gasteiger partial charge on any atom is -0.496 e. The van der Waals surface area contributed by atoms with Gasteiger partial charge in [-0.05, 0) is 31.2 Å². The monoisotopic (exact) mass is 304 g/mol. The molecule has 22 heavy (non-hydrogen) atoms. The first-order valence-electron chi connectivity index (χ1n) is 6.77. The molecule has 2 rings (SSSR count). The third-order valence-electron chi connectivity index (χ3n) is 3.22. The molecule has 0 radical (unpaired) electrons. The van der Waals surface area contributed by atoms with Gasteiger partial charge in [-0.1, -0.05) is 18.2 Å². The maximum Gasteiger partial charge on any atom is 0.163 e. The van der Waals surface area contributed by atoms with Gasteiger partial charge in [-0.3, -0.25) is 4.79 Å². The first kappa shape index (κ1) is 16.0. The van der Waals surface area contributed by atoms with Gasteiger partial charge in [-0.2, -0.15) is 0 Å². The average Bonchev–Trinajstić information content (AvgIpc) is 2.52. The van der Waals surface area contributed by atoms with Gasteiger partial charge in [0.15, 0.2) is 5.78 Å². The number of ketones is 1. The molecule has 1 N–H and O–H groups in total. The van der Waals surface area contributed by atoms with Crippen LogP contribution < -0.4 is 9.47 Å². The molecule has 0 aliphatic carbocycles. The lowest BCUT2D eigenvalue weighted by molar-refractivity contribution is 0.100. The van der Waals surface area contributed by atoms with Gasteiger partial charge in [0.05, 0.1) is 12.7 Å². The second-order valence-corrected chi connectivity index (χ2v) is 4.77. The van der Waals surface area contributed by atoms with Crippen LogP contribution in [0.4, 0.5) is 4.39 Å². The molecule has 5 heteroatoms. The van der Waals surface area contributed by atoms with Crippen molar-refractivity contribution in [2.75, 3.05) is 13.7 Å². The van der Waals surface area contributed by atoms with Crippen molar-refractivity contribution in [3.8, 4) is 11.5 Å². The highest BCUT2D eigenvalue weighted by molar-refractivity contribution is 5.97. The van der Waals surface area contributed by atoms with Crippen LogP contribution in [0.1, 0.15) is 28.9 Å². The summed E-state index contributed by atoms with van der Waals surface area (Å²) in [6.07, 6.45) is -1.09. The first-order chi connectivity index (χ1) is 10.5. The molecule has 116 valence electrons. The summed E-state index contributed by atoms with van der Waals surface area (Å²) in [6, 6.07) is 10.7. The van der Waals surface area contributed by atoms with Crippen LogP contribution >= 0.6 is 0 Å². The standard InChI is InChI=1S/C17H17FO4/c1-11(19)14-9-12(7-8-17(14)21-2)22-10-16(20)13-5-3-4-6-15(13)18/h3-9,16,20H,10H2,1-2H3. The number of aliphatic hydroxyl groups is 1. The highest BCUT2D eigenvalue weighted by Crippen LogP contribution is 2.25. The van der Waals surface area contributed by atoms with Crippen LogP contribution in [0.5, 0.6) is 11.5 Å². The lowest BCUT2D eigenvalue weighted by atomic mass is 10.1. The molecule has 0 amide bonds. The Labute approximate surface area is 128 Å². The molecule has 0 aliphatic heterocycles. The quantitative estimate of drug-likeness (QED) is 0.833. The van der Waals surface area contributed by atoms with E-state index in [1.165, 1.54) is 32.2 Å². The second-order valence-electron chi connectivity index (χ2n) is 4.77. The topological polar surface area (TPSA) is 55.8 Å². The van der Waals surface area contributed by atoms with Crippen LogP contribution in [0.2, 0.25) is 0 Å². The molecular weight excluding hydrogens is 287 g/mol. The maximum atomic E-state index is 13.6. The Morgan fingerprint density at radius 3 is 2.64 bits per heavy atom. The molecule has 4 nitrogen and oxygen atoms in total. The number of hydrogen-bond donors (Lipinski definition) is 1. The number of carbonyl (C=O) groups excluding carboxylic acids is 1. The molecule has 1 unspecified atom stereocenters. The summed E-state index contributed by atoms with van der Waals surface area (Å²) < 4.78 is 24.1. The zero-order valence-corrected chi connectivity index (χ0v) is 12.4. The van der Waals surface area contributed by atoms with Gasteiger partial charge in [-0.25, -0.2) is 4.39 Å². The number of rotatable bonds is 6. The van der Waals surface area contributed by atoms with Crippen molar-refractivity contribution in [1.29, 1.82) is 0 Å². The van der Waals surface area contributed by atoms with Crippen LogP contribution in [0.15, 0.2) is 42.5 Å². The van der Waals surface area contributed by atoms with Crippen molar-refractivity contribution in [1.82, 2.24) is 0 Å². The normalized spacial score (nSPS) is 11.8. The van der Waals surface area contributed by atoms with Gasteiger partial charge < -0.3 is 14.6 Å². The van der Waals surface area contributed by atoms with Gasteiger partial charge in [0.2, 0.25) is 0 Å². The number of benzene rings is 2. The van der Waals surface area contributed by atoms with Crippen LogP contribution in [0.25, 0.3) is 0 Å². The number of ether oxygens (including phenoxy) is 2. The van der Waals surface area contributed by atoms with E-state index >= 15 is 0 Å². The summed E-state index contributed by atoms with van der Waals surface area (Å²) in [6.45, 7) is 1.31. The van der Waals surface area contributed by atoms with Gasteiger partial charge in [0.1, 0.15) is 30.0 Å². The van der Waals surface area contributed by atoms with Crippen molar-refractivity contribution in [3.05, 3.63) is 59.4 Å². The molecule has 0 spiro atoms. The van der Waals surface area contributed by atoms with Crippen LogP contribution in [-0.4, -0.2) is 24.6 Å². The molecule has 2 aromatic carbocycles. The van der Waals surface area contributed by atoms with E-state index in [0.29, 0.717) is 17.1 Å². The Kier molecular flexibility index (Phi) is 5.12. The summed E-state index contributed by atoms with van der Waals surface area (Å²) in [4.78, 5) is 11.5. The summed E-state index contributed by atoms with van der Waals surface area (Å²) in [5.41, 5.74) is 0.559. The van der Waals surface area contributed by atoms with Gasteiger partial charge in [-0.15, -0.1) is 0 Å². The number of aliphatic hydroxyl groups excluding tert-OH is 1. The molecule has 0 bridgehead atoms. The van der Waals surface area contributed by atoms with Gasteiger partial charge in [0.25, 0.3) is 0 Å². The van der Waals surface area contributed by atoms with E-state index in [-0.39, 0.29) is 18.0 Å². The van der Waals surface area contributed by atoms with Crippen LogP contribution in [0, 0.1) is 5.82 Å². The lowest BCUT2D eigenvalue weighted by Gasteiger charge is -2.14. The van der Waals surface area contributed by atoms with E-state index in [0.717, 1.165) is 0 Å². The summed E-state index contributed by atoms with van der Waals surface area (Å²) in [5, 5.41) is 9.99. The van der Waals surface area contributed by atoms with Crippen molar-refractivity contribution in [2.24, 2.45) is 0 Å². The van der Waals surface area contributed by atoms with E-state index < -0.39 is 11.9 Å².